The molecule has 20 heavy (non-hydrogen) atoms. The molecule has 0 radical (unpaired) electrons. The van der Waals surface area contributed by atoms with Crippen molar-refractivity contribution in [2.75, 3.05) is 5.32 Å². The molecular weight excluding hydrogens is 297 g/mol. The Kier molecular flexibility index (Phi) is 4.35. The van der Waals surface area contributed by atoms with Crippen molar-refractivity contribution in [3.8, 4) is 0 Å². The highest BCUT2D eigenvalue weighted by molar-refractivity contribution is 6.36. The van der Waals surface area contributed by atoms with E-state index in [1.54, 1.807) is 22.9 Å². The number of nitrogens with zero attached hydrogens (tertiary/aromatic N) is 2. The SMILES string of the molecule is Cc1nn(C)c(C)c1NC(=O)Cc1c(Cl)cccc1Cl. The fraction of sp³-hybridized carbons (Fsp3) is 0.286. The van der Waals surface area contributed by atoms with Crippen LogP contribution < -0.4 is 5.32 Å². The summed E-state index contributed by atoms with van der Waals surface area (Å²) in [6.07, 6.45) is 0.131. The van der Waals surface area contributed by atoms with Gasteiger partial charge in [0.25, 0.3) is 0 Å². The lowest BCUT2D eigenvalue weighted by Gasteiger charge is -2.08. The number of nitrogens with one attached hydrogen (secondary N) is 1. The van der Waals surface area contributed by atoms with Crippen LogP contribution in [0.1, 0.15) is 17.0 Å². The normalized spacial score (nSPS) is 10.7. The molecule has 0 aliphatic heterocycles. The molecule has 1 N–H and O–H groups in total. The monoisotopic (exact) mass is 311 g/mol. The van der Waals surface area contributed by atoms with Gasteiger partial charge in [-0.05, 0) is 31.5 Å². The Morgan fingerprint density at radius 1 is 1.30 bits per heavy atom. The van der Waals surface area contributed by atoms with E-state index in [0.29, 0.717) is 15.6 Å². The van der Waals surface area contributed by atoms with Crippen molar-refractivity contribution in [3.63, 3.8) is 0 Å². The Hall–Kier alpha value is -1.52. The van der Waals surface area contributed by atoms with E-state index >= 15 is 0 Å². The summed E-state index contributed by atoms with van der Waals surface area (Å²) in [4.78, 5) is 12.1. The number of anilines is 1. The molecule has 1 heterocycles. The minimum Gasteiger partial charge on any atom is -0.323 e. The summed E-state index contributed by atoms with van der Waals surface area (Å²) in [5.74, 6) is -0.167. The molecule has 2 rings (SSSR count). The van der Waals surface area contributed by atoms with E-state index < -0.39 is 0 Å². The summed E-state index contributed by atoms with van der Waals surface area (Å²) in [6, 6.07) is 5.19. The van der Waals surface area contributed by atoms with Gasteiger partial charge >= 0.3 is 0 Å². The van der Waals surface area contributed by atoms with Crippen LogP contribution in [0.15, 0.2) is 18.2 Å². The van der Waals surface area contributed by atoms with Crippen LogP contribution in [0.25, 0.3) is 0 Å². The van der Waals surface area contributed by atoms with Crippen molar-refractivity contribution >= 4 is 34.8 Å². The molecule has 6 heteroatoms. The van der Waals surface area contributed by atoms with Crippen LogP contribution in [-0.4, -0.2) is 15.7 Å². The Bertz CT molecular complexity index is 644. The number of carbonyl (C=O) groups is 1. The molecule has 0 aliphatic rings. The predicted molar refractivity (Wildman–Crippen MR) is 81.5 cm³/mol. The third kappa shape index (κ3) is 2.97. The van der Waals surface area contributed by atoms with E-state index in [2.05, 4.69) is 10.4 Å². The lowest BCUT2D eigenvalue weighted by Crippen LogP contribution is -2.16. The zero-order valence-electron chi connectivity index (χ0n) is 11.5. The first-order valence-electron chi connectivity index (χ1n) is 6.13. The van der Waals surface area contributed by atoms with Gasteiger partial charge in [-0.2, -0.15) is 5.10 Å². The lowest BCUT2D eigenvalue weighted by atomic mass is 10.1. The molecule has 0 aliphatic carbocycles. The van der Waals surface area contributed by atoms with Crippen molar-refractivity contribution in [2.24, 2.45) is 7.05 Å². The van der Waals surface area contributed by atoms with Crippen LogP contribution in [0.5, 0.6) is 0 Å². The molecule has 2 aromatic rings. The molecule has 106 valence electrons. The van der Waals surface area contributed by atoms with Crippen LogP contribution in [0.3, 0.4) is 0 Å². The highest BCUT2D eigenvalue weighted by atomic mass is 35.5. The second kappa shape index (κ2) is 5.85. The van der Waals surface area contributed by atoms with Gasteiger partial charge in [0.05, 0.1) is 23.5 Å². The maximum absolute atomic E-state index is 12.1. The highest BCUT2D eigenvalue weighted by Crippen LogP contribution is 2.25. The minimum atomic E-state index is -0.167. The first kappa shape index (κ1) is 14.9. The molecule has 0 saturated carbocycles. The average molecular weight is 312 g/mol. The smallest absolute Gasteiger partial charge is 0.229 e. The number of aromatic nitrogens is 2. The zero-order valence-corrected chi connectivity index (χ0v) is 13.0. The van der Waals surface area contributed by atoms with Crippen LogP contribution in [0, 0.1) is 13.8 Å². The quantitative estimate of drug-likeness (QED) is 0.942. The maximum atomic E-state index is 12.1. The molecule has 0 fully saturated rings. The number of carbonyl (C=O) groups excluding carboxylic acids is 1. The molecular formula is C14H15Cl2N3O. The zero-order chi connectivity index (χ0) is 14.9. The second-order valence-corrected chi connectivity index (χ2v) is 5.41. The van der Waals surface area contributed by atoms with Gasteiger partial charge in [0, 0.05) is 17.1 Å². The van der Waals surface area contributed by atoms with E-state index in [0.717, 1.165) is 17.1 Å². The summed E-state index contributed by atoms with van der Waals surface area (Å²) in [6.45, 7) is 3.75. The van der Waals surface area contributed by atoms with Crippen LogP contribution in [0.4, 0.5) is 5.69 Å². The van der Waals surface area contributed by atoms with Crippen LogP contribution >= 0.6 is 23.2 Å². The van der Waals surface area contributed by atoms with Gasteiger partial charge in [-0.1, -0.05) is 29.3 Å². The topological polar surface area (TPSA) is 46.9 Å². The van der Waals surface area contributed by atoms with Gasteiger partial charge in [0.2, 0.25) is 5.91 Å². The van der Waals surface area contributed by atoms with E-state index in [1.807, 2.05) is 20.9 Å². The molecule has 1 amide bonds. The first-order chi connectivity index (χ1) is 9.40. The van der Waals surface area contributed by atoms with Crippen LogP contribution in [-0.2, 0) is 18.3 Å². The lowest BCUT2D eigenvalue weighted by molar-refractivity contribution is -0.115. The molecule has 0 bridgehead atoms. The van der Waals surface area contributed by atoms with Gasteiger partial charge in [0.15, 0.2) is 0 Å². The minimum absolute atomic E-state index is 0.131. The van der Waals surface area contributed by atoms with E-state index in [4.69, 9.17) is 23.2 Å². The highest BCUT2D eigenvalue weighted by Gasteiger charge is 2.15. The van der Waals surface area contributed by atoms with Gasteiger partial charge in [-0.25, -0.2) is 0 Å². The number of halogens is 2. The first-order valence-corrected chi connectivity index (χ1v) is 6.88. The molecule has 0 spiro atoms. The summed E-state index contributed by atoms with van der Waals surface area (Å²) in [7, 11) is 1.84. The number of rotatable bonds is 3. The molecule has 0 unspecified atom stereocenters. The number of benzene rings is 1. The van der Waals surface area contributed by atoms with Gasteiger partial charge < -0.3 is 5.32 Å². The fourth-order valence-electron chi connectivity index (χ4n) is 2.00. The van der Waals surface area contributed by atoms with Crippen LogP contribution in [0.2, 0.25) is 10.0 Å². The average Bonchev–Trinajstić information content (AvgIpc) is 2.61. The number of amides is 1. The van der Waals surface area contributed by atoms with Crippen molar-refractivity contribution < 1.29 is 4.79 Å². The molecule has 4 nitrogen and oxygen atoms in total. The molecule has 1 aromatic heterocycles. The predicted octanol–water partition coefficient (Wildman–Crippen LogP) is 3.52. The standard InChI is InChI=1S/C14H15Cl2N3O/c1-8-14(9(2)19(3)18-8)17-13(20)7-10-11(15)5-4-6-12(10)16/h4-6H,7H2,1-3H3,(H,17,20). The summed E-state index contributed by atoms with van der Waals surface area (Å²) in [5, 5.41) is 8.10. The van der Waals surface area contributed by atoms with Gasteiger partial charge in [-0.15, -0.1) is 0 Å². The third-order valence-electron chi connectivity index (χ3n) is 3.17. The van der Waals surface area contributed by atoms with E-state index in [1.165, 1.54) is 0 Å². The summed E-state index contributed by atoms with van der Waals surface area (Å²) in [5.41, 5.74) is 3.05. The summed E-state index contributed by atoms with van der Waals surface area (Å²) < 4.78 is 1.73. The Morgan fingerprint density at radius 2 is 1.90 bits per heavy atom. The van der Waals surface area contributed by atoms with Crippen molar-refractivity contribution in [3.05, 3.63) is 45.2 Å². The largest absolute Gasteiger partial charge is 0.323 e. The van der Waals surface area contributed by atoms with Gasteiger partial charge in [0.1, 0.15) is 0 Å². The second-order valence-electron chi connectivity index (χ2n) is 4.59. The fourth-order valence-corrected chi connectivity index (χ4v) is 2.53. The molecule has 0 saturated heterocycles. The van der Waals surface area contributed by atoms with E-state index in [-0.39, 0.29) is 12.3 Å². The Morgan fingerprint density at radius 3 is 2.40 bits per heavy atom. The van der Waals surface area contributed by atoms with Crippen molar-refractivity contribution in [1.29, 1.82) is 0 Å². The molecule has 0 atom stereocenters. The Balaban J connectivity index is 2.18. The van der Waals surface area contributed by atoms with Crippen molar-refractivity contribution in [2.45, 2.75) is 20.3 Å². The Labute approximate surface area is 127 Å². The third-order valence-corrected chi connectivity index (χ3v) is 3.88. The van der Waals surface area contributed by atoms with Gasteiger partial charge in [-0.3, -0.25) is 9.48 Å². The van der Waals surface area contributed by atoms with Crippen molar-refractivity contribution in [1.82, 2.24) is 9.78 Å². The maximum Gasteiger partial charge on any atom is 0.229 e. The number of hydrogen-bond acceptors (Lipinski definition) is 2. The number of hydrogen-bond donors (Lipinski definition) is 1. The summed E-state index contributed by atoms with van der Waals surface area (Å²) >= 11 is 12.1. The number of aryl methyl sites for hydroxylation is 2. The van der Waals surface area contributed by atoms with E-state index in [9.17, 15) is 4.79 Å². The molecule has 1 aromatic carbocycles.